The van der Waals surface area contributed by atoms with E-state index >= 15 is 0 Å². The lowest BCUT2D eigenvalue weighted by molar-refractivity contribution is 0.667. The number of unbranched alkanes of at least 4 members (excludes halogenated alkanes) is 6. The molecular weight excluding hydrogens is 601 g/mol. The Bertz CT molecular complexity index is 2210. The fourth-order valence-electron chi connectivity index (χ4n) is 6.97. The second-order valence-electron chi connectivity index (χ2n) is 13.9. The molecule has 0 heteroatoms. The van der Waals surface area contributed by atoms with Crippen LogP contribution < -0.4 is 0 Å². The third-order valence-electron chi connectivity index (χ3n) is 9.95. The maximum absolute atomic E-state index is 3.41. The molecule has 0 unspecified atom stereocenters. The first-order valence-electron chi connectivity index (χ1n) is 18.7. The van der Waals surface area contributed by atoms with Gasteiger partial charge in [0.15, 0.2) is 0 Å². The molecule has 0 N–H and O–H groups in total. The number of hydrogen-bond donors (Lipinski definition) is 0. The lowest BCUT2D eigenvalue weighted by Gasteiger charge is -2.08. The van der Waals surface area contributed by atoms with E-state index in [4.69, 9.17) is 0 Å². The fraction of sp³-hybridized carbons (Fsp3) is 0.240. The molecule has 0 heterocycles. The number of benzene rings is 7. The highest BCUT2D eigenvalue weighted by Gasteiger charge is 2.05. The molecule has 0 radical (unpaired) electrons. The number of hydrogen-bond acceptors (Lipinski definition) is 0. The first kappa shape index (κ1) is 33.2. The second-order valence-corrected chi connectivity index (χ2v) is 13.9. The second kappa shape index (κ2) is 15.9. The molecular formula is C50H46. The summed E-state index contributed by atoms with van der Waals surface area (Å²) in [5, 5.41) is 9.91. The summed E-state index contributed by atoms with van der Waals surface area (Å²) in [5.74, 6) is 13.6. The predicted molar refractivity (Wildman–Crippen MR) is 217 cm³/mol. The quantitative estimate of drug-likeness (QED) is 0.0788. The van der Waals surface area contributed by atoms with Crippen molar-refractivity contribution in [2.75, 3.05) is 0 Å². The van der Waals surface area contributed by atoms with Crippen LogP contribution in [0.25, 0.3) is 43.1 Å². The zero-order valence-electron chi connectivity index (χ0n) is 29.6. The van der Waals surface area contributed by atoms with Gasteiger partial charge in [-0.3, -0.25) is 0 Å². The summed E-state index contributed by atoms with van der Waals surface area (Å²) in [7, 11) is 0. The average Bonchev–Trinajstić information content (AvgIpc) is 3.15. The van der Waals surface area contributed by atoms with Crippen LogP contribution in [0, 0.1) is 23.7 Å². The number of fused-ring (bicyclic) bond motifs is 4. The largest absolute Gasteiger partial charge is 0.0654 e. The first-order valence-corrected chi connectivity index (χ1v) is 18.7. The van der Waals surface area contributed by atoms with Gasteiger partial charge in [0.05, 0.1) is 0 Å². The SMILES string of the molecule is CCCCCCc1ccc(C#Cc2ccc3cc4cc5cc6cc(C#Cc7ccc(CCCCCC)cc7)ccc6cc5cc4cc3c2)cc1. The van der Waals surface area contributed by atoms with Crippen LogP contribution in [0.1, 0.15) is 98.6 Å². The van der Waals surface area contributed by atoms with Crippen LogP contribution in [0.15, 0.2) is 121 Å². The van der Waals surface area contributed by atoms with E-state index in [-0.39, 0.29) is 0 Å². The van der Waals surface area contributed by atoms with Gasteiger partial charge in [0, 0.05) is 22.3 Å². The molecule has 0 atom stereocenters. The molecule has 0 fully saturated rings. The van der Waals surface area contributed by atoms with Gasteiger partial charge in [-0.2, -0.15) is 0 Å². The standard InChI is InChI=1S/C50H46/c1-3-5-7-9-11-37-13-17-39(18-14-37)21-23-41-25-27-43-31-47-36-50-34-46-30-42(24-22-40-19-15-38(16-20-40)12-10-8-6-4-2)26-28-44(46)32-48(50)35-49(47)33-45(43)29-41/h13-20,25-36H,3-12H2,1-2H3. The van der Waals surface area contributed by atoms with Crippen molar-refractivity contribution in [3.05, 3.63) is 155 Å². The summed E-state index contributed by atoms with van der Waals surface area (Å²) in [6.07, 6.45) is 12.7. The van der Waals surface area contributed by atoms with Gasteiger partial charge >= 0.3 is 0 Å². The minimum Gasteiger partial charge on any atom is -0.0654 e. The minimum absolute atomic E-state index is 1.04. The zero-order chi connectivity index (χ0) is 34.1. The van der Waals surface area contributed by atoms with E-state index < -0.39 is 0 Å². The van der Waals surface area contributed by atoms with E-state index in [1.165, 1.54) is 106 Å². The lowest BCUT2D eigenvalue weighted by atomic mass is 9.96. The fourth-order valence-corrected chi connectivity index (χ4v) is 6.97. The van der Waals surface area contributed by atoms with Gasteiger partial charge in [0.1, 0.15) is 0 Å². The van der Waals surface area contributed by atoms with E-state index in [0.717, 1.165) is 35.1 Å². The Balaban J connectivity index is 1.08. The van der Waals surface area contributed by atoms with Crippen molar-refractivity contribution in [1.82, 2.24) is 0 Å². The summed E-state index contributed by atoms with van der Waals surface area (Å²) in [6, 6.07) is 44.6. The van der Waals surface area contributed by atoms with Gasteiger partial charge < -0.3 is 0 Å². The summed E-state index contributed by atoms with van der Waals surface area (Å²) in [4.78, 5) is 0. The Labute approximate surface area is 298 Å². The number of rotatable bonds is 10. The average molecular weight is 647 g/mol. The van der Waals surface area contributed by atoms with Gasteiger partial charge in [-0.05, 0) is 165 Å². The maximum atomic E-state index is 3.41. The van der Waals surface area contributed by atoms with Gasteiger partial charge in [-0.25, -0.2) is 0 Å². The highest BCUT2D eigenvalue weighted by molar-refractivity contribution is 6.08. The Morgan fingerprint density at radius 2 is 0.620 bits per heavy atom. The molecule has 0 nitrogen and oxygen atoms in total. The summed E-state index contributed by atoms with van der Waals surface area (Å²) >= 11 is 0. The molecule has 0 bridgehead atoms. The molecule has 50 heavy (non-hydrogen) atoms. The Morgan fingerprint density at radius 1 is 0.300 bits per heavy atom. The highest BCUT2D eigenvalue weighted by Crippen LogP contribution is 2.31. The Hall–Kier alpha value is -5.30. The van der Waals surface area contributed by atoms with Crippen LogP contribution in [0.2, 0.25) is 0 Å². The number of aryl methyl sites for hydroxylation is 2. The predicted octanol–water partition coefficient (Wildman–Crippen LogP) is 13.3. The van der Waals surface area contributed by atoms with Crippen molar-refractivity contribution >= 4 is 43.1 Å². The molecule has 246 valence electrons. The third-order valence-corrected chi connectivity index (χ3v) is 9.95. The Morgan fingerprint density at radius 3 is 1.00 bits per heavy atom. The van der Waals surface area contributed by atoms with Crippen LogP contribution in [0.4, 0.5) is 0 Å². The van der Waals surface area contributed by atoms with Crippen molar-refractivity contribution in [2.24, 2.45) is 0 Å². The van der Waals surface area contributed by atoms with Crippen molar-refractivity contribution in [1.29, 1.82) is 0 Å². The molecule has 0 saturated heterocycles. The molecule has 7 aromatic carbocycles. The van der Waals surface area contributed by atoms with E-state index in [1.807, 2.05) is 0 Å². The monoisotopic (exact) mass is 646 g/mol. The van der Waals surface area contributed by atoms with E-state index in [0.29, 0.717) is 0 Å². The van der Waals surface area contributed by atoms with Crippen LogP contribution in [0.5, 0.6) is 0 Å². The van der Waals surface area contributed by atoms with Gasteiger partial charge in [0.2, 0.25) is 0 Å². The minimum atomic E-state index is 1.04. The van der Waals surface area contributed by atoms with E-state index in [9.17, 15) is 0 Å². The van der Waals surface area contributed by atoms with E-state index in [1.54, 1.807) is 0 Å². The van der Waals surface area contributed by atoms with Gasteiger partial charge in [-0.1, -0.05) is 112 Å². The molecule has 0 spiro atoms. The smallest absolute Gasteiger partial charge is 0.0255 e. The Kier molecular flexibility index (Phi) is 10.6. The van der Waals surface area contributed by atoms with Crippen LogP contribution >= 0.6 is 0 Å². The molecule has 0 aliphatic carbocycles. The van der Waals surface area contributed by atoms with Crippen molar-refractivity contribution in [3.8, 4) is 23.7 Å². The van der Waals surface area contributed by atoms with E-state index in [2.05, 4.69) is 159 Å². The molecule has 0 amide bonds. The summed E-state index contributed by atoms with van der Waals surface area (Å²) in [6.45, 7) is 4.52. The van der Waals surface area contributed by atoms with Crippen LogP contribution in [0.3, 0.4) is 0 Å². The zero-order valence-corrected chi connectivity index (χ0v) is 29.6. The molecule has 7 rings (SSSR count). The van der Waals surface area contributed by atoms with Crippen molar-refractivity contribution in [2.45, 2.75) is 78.1 Å². The molecule has 0 aromatic heterocycles. The van der Waals surface area contributed by atoms with Gasteiger partial charge in [-0.15, -0.1) is 0 Å². The maximum Gasteiger partial charge on any atom is 0.0255 e. The topological polar surface area (TPSA) is 0 Å². The van der Waals surface area contributed by atoms with Crippen LogP contribution in [-0.2, 0) is 12.8 Å². The third kappa shape index (κ3) is 8.28. The van der Waals surface area contributed by atoms with Crippen molar-refractivity contribution in [3.63, 3.8) is 0 Å². The molecule has 0 aliphatic heterocycles. The molecule has 7 aromatic rings. The molecule has 0 aliphatic rings. The summed E-state index contributed by atoms with van der Waals surface area (Å²) < 4.78 is 0. The molecule has 0 saturated carbocycles. The lowest BCUT2D eigenvalue weighted by Crippen LogP contribution is -1.86. The normalized spacial score (nSPS) is 11.1. The van der Waals surface area contributed by atoms with Gasteiger partial charge in [0.25, 0.3) is 0 Å². The van der Waals surface area contributed by atoms with Crippen molar-refractivity contribution < 1.29 is 0 Å². The highest BCUT2D eigenvalue weighted by atomic mass is 14.1. The first-order chi connectivity index (χ1) is 24.6. The van der Waals surface area contributed by atoms with Crippen LogP contribution in [-0.4, -0.2) is 0 Å². The summed E-state index contributed by atoms with van der Waals surface area (Å²) in [5.41, 5.74) is 7.03.